The average Bonchev–Trinajstić information content (AvgIpc) is 3.42. The van der Waals surface area contributed by atoms with Crippen LogP contribution in [0, 0.1) is 17.8 Å². The smallest absolute Gasteiger partial charge is 0.326 e. The molecule has 0 aliphatic rings. The number of phenolic OH excluding ortho intramolecular Hbond substituents is 1. The molecule has 0 aliphatic carbocycles. The van der Waals surface area contributed by atoms with Gasteiger partial charge in [0.05, 0.1) is 12.6 Å². The van der Waals surface area contributed by atoms with Gasteiger partial charge in [0.2, 0.25) is 53.2 Å². The maximum atomic E-state index is 14.3. The van der Waals surface area contributed by atoms with E-state index < -0.39 is 158 Å². The molecule has 0 spiro atoms. The number of phenols is 1. The summed E-state index contributed by atoms with van der Waals surface area (Å²) in [6.07, 6.45) is -1.79. The van der Waals surface area contributed by atoms with E-state index in [9.17, 15) is 68.1 Å². The van der Waals surface area contributed by atoms with Crippen LogP contribution >= 0.6 is 0 Å². The number of carbonyl (C=O) groups is 11. The maximum Gasteiger partial charge on any atom is 0.326 e. The van der Waals surface area contributed by atoms with Gasteiger partial charge in [-0.3, -0.25) is 47.9 Å². The van der Waals surface area contributed by atoms with Gasteiger partial charge >= 0.3 is 11.9 Å². The van der Waals surface area contributed by atoms with Gasteiger partial charge in [-0.15, -0.1) is 0 Å². The van der Waals surface area contributed by atoms with Crippen molar-refractivity contribution in [2.45, 2.75) is 148 Å². The first kappa shape index (κ1) is 65.9. The average molecular weight is 1120 g/mol. The summed E-state index contributed by atoms with van der Waals surface area (Å²) in [4.78, 5) is 146. The summed E-state index contributed by atoms with van der Waals surface area (Å²) in [6.45, 7) is 9.43. The summed E-state index contributed by atoms with van der Waals surface area (Å²) in [5.74, 6) is -11.9. The molecular weight excluding hydrogens is 1040 g/mol. The molecule has 3 aromatic carbocycles. The lowest BCUT2D eigenvalue weighted by Gasteiger charge is -2.28. The minimum atomic E-state index is -1.70. The van der Waals surface area contributed by atoms with E-state index in [4.69, 9.17) is 11.5 Å². The van der Waals surface area contributed by atoms with Gasteiger partial charge in [-0.25, -0.2) is 4.79 Å². The number of aliphatic carboxylic acids is 2. The van der Waals surface area contributed by atoms with Crippen molar-refractivity contribution in [2.75, 3.05) is 6.54 Å². The van der Waals surface area contributed by atoms with Gasteiger partial charge in [-0.05, 0) is 72.3 Å². The molecule has 0 bridgehead atoms. The normalized spacial score (nSPS) is 14.5. The lowest BCUT2D eigenvalue weighted by atomic mass is 9.96. The Kier molecular flexibility index (Phi) is 27.3. The lowest BCUT2D eigenvalue weighted by molar-refractivity contribution is -0.143. The Morgan fingerprint density at radius 2 is 0.950 bits per heavy atom. The number of rotatable bonds is 34. The summed E-state index contributed by atoms with van der Waals surface area (Å²) in [5.41, 5.74) is 13.5. The van der Waals surface area contributed by atoms with Gasteiger partial charge in [0.25, 0.3) is 0 Å². The Morgan fingerprint density at radius 3 is 1.45 bits per heavy atom. The Bertz CT molecular complexity index is 2590. The van der Waals surface area contributed by atoms with Crippen LogP contribution in [-0.4, -0.2) is 135 Å². The number of amides is 9. The number of benzene rings is 3. The minimum absolute atomic E-state index is 0.0395. The van der Waals surface area contributed by atoms with Crippen molar-refractivity contribution in [1.82, 2.24) is 42.5 Å². The second kappa shape index (κ2) is 33.1. The van der Waals surface area contributed by atoms with E-state index in [0.717, 1.165) is 5.56 Å². The van der Waals surface area contributed by atoms with Crippen molar-refractivity contribution < 1.29 is 68.1 Å². The summed E-state index contributed by atoms with van der Waals surface area (Å²) in [6, 6.07) is 12.3. The highest BCUT2D eigenvalue weighted by atomic mass is 16.4. The van der Waals surface area contributed by atoms with E-state index in [0.29, 0.717) is 17.5 Å². The number of carboxylic acid groups (broad SMARTS) is 2. The van der Waals surface area contributed by atoms with Gasteiger partial charge in [-0.1, -0.05) is 121 Å². The van der Waals surface area contributed by atoms with E-state index >= 15 is 0 Å². The molecule has 24 nitrogen and oxygen atoms in total. The molecule has 0 aliphatic heterocycles. The molecule has 0 radical (unpaired) electrons. The molecule has 15 N–H and O–H groups in total. The van der Waals surface area contributed by atoms with Crippen LogP contribution in [0.1, 0.15) is 96.8 Å². The number of nitrogens with one attached hydrogen (secondary N) is 8. The third kappa shape index (κ3) is 23.3. The molecule has 80 heavy (non-hydrogen) atoms. The number of carboxylic acids is 2. The maximum absolute atomic E-state index is 14.3. The Labute approximate surface area is 465 Å². The Morgan fingerprint density at radius 1 is 0.500 bits per heavy atom. The van der Waals surface area contributed by atoms with Crippen LogP contribution in [0.25, 0.3) is 0 Å². The van der Waals surface area contributed by atoms with Crippen molar-refractivity contribution in [3.05, 3.63) is 102 Å². The van der Waals surface area contributed by atoms with Crippen molar-refractivity contribution in [3.8, 4) is 5.75 Å². The molecule has 0 saturated heterocycles. The molecule has 9 amide bonds. The molecule has 436 valence electrons. The highest BCUT2D eigenvalue weighted by Crippen LogP contribution is 2.15. The van der Waals surface area contributed by atoms with Crippen molar-refractivity contribution >= 4 is 65.1 Å². The number of hydrogen-bond acceptors (Lipinski definition) is 13. The molecule has 3 rings (SSSR count). The molecule has 9 atom stereocenters. The zero-order chi connectivity index (χ0) is 59.6. The van der Waals surface area contributed by atoms with Crippen LogP contribution in [0.15, 0.2) is 84.9 Å². The van der Waals surface area contributed by atoms with Crippen LogP contribution in [0.4, 0.5) is 0 Å². The minimum Gasteiger partial charge on any atom is -0.508 e. The molecule has 9 unspecified atom stereocenters. The molecule has 0 heterocycles. The molecule has 0 saturated carbocycles. The quantitative estimate of drug-likeness (QED) is 0.0381. The van der Waals surface area contributed by atoms with Gasteiger partial charge in [0, 0.05) is 25.7 Å². The van der Waals surface area contributed by atoms with Gasteiger partial charge in [0.15, 0.2) is 0 Å². The van der Waals surface area contributed by atoms with Gasteiger partial charge < -0.3 is 69.3 Å². The molecule has 0 fully saturated rings. The predicted octanol–water partition coefficient (Wildman–Crippen LogP) is 0.220. The lowest BCUT2D eigenvalue weighted by Crippen LogP contribution is -2.60. The topological polar surface area (TPSA) is 397 Å². The predicted molar refractivity (Wildman–Crippen MR) is 293 cm³/mol. The number of aromatic hydroxyl groups is 1. The highest BCUT2D eigenvalue weighted by Gasteiger charge is 2.35. The van der Waals surface area contributed by atoms with E-state index in [1.54, 1.807) is 88.4 Å². The summed E-state index contributed by atoms with van der Waals surface area (Å²) in [5, 5.41) is 49.6. The third-order valence-electron chi connectivity index (χ3n) is 13.0. The molecule has 0 aromatic heterocycles. The Hall–Kier alpha value is -8.41. The molecule has 3 aromatic rings. The van der Waals surface area contributed by atoms with E-state index in [-0.39, 0.29) is 37.4 Å². The highest BCUT2D eigenvalue weighted by molar-refractivity contribution is 5.98. The summed E-state index contributed by atoms with van der Waals surface area (Å²) >= 11 is 0. The van der Waals surface area contributed by atoms with Crippen LogP contribution in [0.3, 0.4) is 0 Å². The van der Waals surface area contributed by atoms with E-state index in [2.05, 4.69) is 42.5 Å². The van der Waals surface area contributed by atoms with Crippen LogP contribution in [0.5, 0.6) is 5.75 Å². The Balaban J connectivity index is 1.85. The number of primary amides is 1. The molecular formula is C56H78N10O14. The largest absolute Gasteiger partial charge is 0.508 e. The second-order valence-corrected chi connectivity index (χ2v) is 20.4. The zero-order valence-electron chi connectivity index (χ0n) is 46.0. The first-order valence-corrected chi connectivity index (χ1v) is 26.5. The van der Waals surface area contributed by atoms with Gasteiger partial charge in [0.1, 0.15) is 48.0 Å². The monoisotopic (exact) mass is 1110 g/mol. The second-order valence-electron chi connectivity index (χ2n) is 20.4. The third-order valence-corrected chi connectivity index (χ3v) is 13.0. The number of nitrogens with two attached hydrogens (primary N) is 2. The molecule has 24 heteroatoms. The first-order chi connectivity index (χ1) is 37.8. The summed E-state index contributed by atoms with van der Waals surface area (Å²) in [7, 11) is 0. The van der Waals surface area contributed by atoms with Crippen molar-refractivity contribution in [3.63, 3.8) is 0 Å². The standard InChI is InChI=1S/C56H78N10O14/c1-7-33(6)48(55(78)64-43(28-35-16-12-9-13-17-35)54(77)66-47(32(4)5)56(79)80)65-45(69)30-59-50(73)39(22-24-44(58)68)60-51(74)40(23-25-46(70)71)61-53(76)42(29-36-18-20-37(67)21-19-36)63-52(75)41(26-31(2)3)62-49(72)38(57)27-34-14-10-8-11-15-34/h8-21,31-33,38-43,47-48,67H,7,22-30,57H2,1-6H3,(H2,58,68)(H,59,73)(H,60,74)(H,61,76)(H,62,72)(H,63,75)(H,64,78)(H,65,69)(H,66,77)(H,70,71)(H,79,80). The summed E-state index contributed by atoms with van der Waals surface area (Å²) < 4.78 is 0. The van der Waals surface area contributed by atoms with E-state index in [1.165, 1.54) is 24.3 Å². The fourth-order valence-electron chi connectivity index (χ4n) is 8.23. The van der Waals surface area contributed by atoms with Crippen molar-refractivity contribution in [1.29, 1.82) is 0 Å². The number of hydrogen-bond donors (Lipinski definition) is 13. The van der Waals surface area contributed by atoms with Crippen LogP contribution in [-0.2, 0) is 72.0 Å². The van der Waals surface area contributed by atoms with Gasteiger partial charge in [-0.2, -0.15) is 0 Å². The van der Waals surface area contributed by atoms with E-state index in [1.807, 2.05) is 13.8 Å². The fraction of sp³-hybridized carbons (Fsp3) is 0.482. The number of carbonyl (C=O) groups excluding carboxylic acids is 9. The zero-order valence-corrected chi connectivity index (χ0v) is 46.0. The van der Waals surface area contributed by atoms with Crippen molar-refractivity contribution in [2.24, 2.45) is 29.2 Å². The first-order valence-electron chi connectivity index (χ1n) is 26.5. The van der Waals surface area contributed by atoms with Crippen LogP contribution < -0.4 is 54.0 Å². The van der Waals surface area contributed by atoms with Crippen LogP contribution in [0.2, 0.25) is 0 Å². The fourth-order valence-corrected chi connectivity index (χ4v) is 8.23. The SMILES string of the molecule is CCC(C)C(NC(=O)CNC(=O)C(CCC(N)=O)NC(=O)C(CCC(=O)O)NC(=O)C(Cc1ccc(O)cc1)NC(=O)C(CC(C)C)NC(=O)C(N)Cc1ccccc1)C(=O)NC(Cc1ccccc1)C(=O)NC(C(=O)O)C(C)C.